The fourth-order valence-corrected chi connectivity index (χ4v) is 1.87. The molecule has 0 saturated heterocycles. The molecule has 0 fully saturated rings. The first-order chi connectivity index (χ1) is 5.77. The lowest BCUT2D eigenvalue weighted by Gasteiger charge is -2.27. The zero-order valence-corrected chi connectivity index (χ0v) is 7.83. The van der Waals surface area contributed by atoms with Gasteiger partial charge in [-0.25, -0.2) is 0 Å². The van der Waals surface area contributed by atoms with Gasteiger partial charge in [0, 0.05) is 0 Å². The lowest BCUT2D eigenvalue weighted by atomic mass is 10.2. The van der Waals surface area contributed by atoms with Gasteiger partial charge in [0.05, 0.1) is 6.61 Å². The molecule has 1 aliphatic heterocycles. The number of ether oxygens (including phenoxy) is 1. The van der Waals surface area contributed by atoms with Gasteiger partial charge in [-0.1, -0.05) is 19.1 Å². The summed E-state index contributed by atoms with van der Waals surface area (Å²) < 4.78 is 5.36. The zero-order valence-electron chi connectivity index (χ0n) is 7.01. The molecule has 1 heterocycles. The quantitative estimate of drug-likeness (QED) is 0.631. The maximum absolute atomic E-state index is 9.40. The van der Waals surface area contributed by atoms with Crippen molar-refractivity contribution in [3.63, 3.8) is 0 Å². The fourth-order valence-electron chi connectivity index (χ4n) is 1.03. The molecule has 0 amide bonds. The molecule has 0 unspecified atom stereocenters. The average Bonchev–Trinajstić information content (AvgIpc) is 2.09. The Bertz CT molecular complexity index is 160. The van der Waals surface area contributed by atoms with E-state index in [0.717, 1.165) is 5.75 Å². The van der Waals surface area contributed by atoms with Crippen molar-refractivity contribution in [3.05, 3.63) is 12.2 Å². The highest BCUT2D eigenvalue weighted by molar-refractivity contribution is 7.99. The smallest absolute Gasteiger partial charge is 0.133 e. The highest BCUT2D eigenvalue weighted by Gasteiger charge is 2.24. The first kappa shape index (κ1) is 10.1. The third-order valence-electron chi connectivity index (χ3n) is 1.62. The van der Waals surface area contributed by atoms with E-state index in [2.05, 4.69) is 0 Å². The van der Waals surface area contributed by atoms with Crippen molar-refractivity contribution in [3.8, 4) is 0 Å². The van der Waals surface area contributed by atoms with Crippen molar-refractivity contribution in [2.45, 2.75) is 24.6 Å². The Kier molecular flexibility index (Phi) is 4.08. The molecule has 0 bridgehead atoms. The second-order valence-corrected chi connectivity index (χ2v) is 3.93. The van der Waals surface area contributed by atoms with Gasteiger partial charge in [0.25, 0.3) is 0 Å². The van der Waals surface area contributed by atoms with E-state index >= 15 is 0 Å². The molecule has 12 heavy (non-hydrogen) atoms. The van der Waals surface area contributed by atoms with Crippen LogP contribution in [0, 0.1) is 0 Å². The third kappa shape index (κ3) is 2.48. The van der Waals surface area contributed by atoms with Gasteiger partial charge in [0.1, 0.15) is 17.6 Å². The van der Waals surface area contributed by atoms with Crippen molar-refractivity contribution in [2.75, 3.05) is 12.4 Å². The Balaban J connectivity index is 2.47. The molecular weight excluding hydrogens is 176 g/mol. The van der Waals surface area contributed by atoms with E-state index in [1.165, 1.54) is 0 Å². The standard InChI is InChI=1S/C8H14O3S/c1-2-12-8-7(10)4-3-6(5-9)11-8/h3-4,6-10H,2,5H2,1H3/t6-,7-,8-/m0/s1. The van der Waals surface area contributed by atoms with E-state index in [0.29, 0.717) is 0 Å². The van der Waals surface area contributed by atoms with Crippen molar-refractivity contribution in [1.82, 2.24) is 0 Å². The molecule has 0 saturated carbocycles. The zero-order chi connectivity index (χ0) is 8.97. The normalized spacial score (nSPS) is 35.4. The maximum Gasteiger partial charge on any atom is 0.133 e. The summed E-state index contributed by atoms with van der Waals surface area (Å²) in [7, 11) is 0. The molecule has 0 aromatic carbocycles. The molecule has 0 aliphatic carbocycles. The molecule has 0 spiro atoms. The van der Waals surface area contributed by atoms with Crippen molar-refractivity contribution in [1.29, 1.82) is 0 Å². The maximum atomic E-state index is 9.40. The fraction of sp³-hybridized carbons (Fsp3) is 0.750. The summed E-state index contributed by atoms with van der Waals surface area (Å²) in [6, 6.07) is 0. The van der Waals surface area contributed by atoms with Crippen LogP contribution in [-0.4, -0.2) is 40.2 Å². The number of rotatable bonds is 3. The summed E-state index contributed by atoms with van der Waals surface area (Å²) in [5.74, 6) is 0.897. The Morgan fingerprint density at radius 3 is 2.83 bits per heavy atom. The lowest BCUT2D eigenvalue weighted by molar-refractivity contribution is -0.0271. The number of aliphatic hydroxyl groups excluding tert-OH is 2. The predicted molar refractivity (Wildman–Crippen MR) is 49.0 cm³/mol. The molecular formula is C8H14O3S. The van der Waals surface area contributed by atoms with Crippen molar-refractivity contribution in [2.24, 2.45) is 0 Å². The third-order valence-corrected chi connectivity index (χ3v) is 2.67. The Hall–Kier alpha value is -0.0300. The Morgan fingerprint density at radius 1 is 1.50 bits per heavy atom. The monoisotopic (exact) mass is 190 g/mol. The van der Waals surface area contributed by atoms with Gasteiger partial charge < -0.3 is 14.9 Å². The van der Waals surface area contributed by atoms with Crippen LogP contribution in [0.4, 0.5) is 0 Å². The molecule has 0 aromatic rings. The van der Waals surface area contributed by atoms with Crippen LogP contribution >= 0.6 is 11.8 Å². The first-order valence-electron chi connectivity index (χ1n) is 4.02. The van der Waals surface area contributed by atoms with Crippen LogP contribution in [0.1, 0.15) is 6.92 Å². The molecule has 3 atom stereocenters. The molecule has 3 nitrogen and oxygen atoms in total. The number of aliphatic hydroxyl groups is 2. The topological polar surface area (TPSA) is 49.7 Å². The molecule has 0 aromatic heterocycles. The SMILES string of the molecule is CCS[C@@H]1O[C@H](CO)C=C[C@@H]1O. The highest BCUT2D eigenvalue weighted by atomic mass is 32.2. The lowest BCUT2D eigenvalue weighted by Crippen LogP contribution is -2.34. The molecule has 2 N–H and O–H groups in total. The van der Waals surface area contributed by atoms with Crippen LogP contribution in [0.15, 0.2) is 12.2 Å². The molecule has 4 heteroatoms. The van der Waals surface area contributed by atoms with Crippen LogP contribution in [0.3, 0.4) is 0 Å². The summed E-state index contributed by atoms with van der Waals surface area (Å²) >= 11 is 1.54. The highest BCUT2D eigenvalue weighted by Crippen LogP contribution is 2.22. The second kappa shape index (κ2) is 4.87. The van der Waals surface area contributed by atoms with Gasteiger partial charge in [0.15, 0.2) is 0 Å². The van der Waals surface area contributed by atoms with E-state index in [-0.39, 0.29) is 18.1 Å². The summed E-state index contributed by atoms with van der Waals surface area (Å²) in [5, 5.41) is 18.2. The minimum absolute atomic E-state index is 0.0238. The summed E-state index contributed by atoms with van der Waals surface area (Å²) in [4.78, 5) is 0. The van der Waals surface area contributed by atoms with E-state index in [9.17, 15) is 5.11 Å². The number of thioether (sulfide) groups is 1. The molecule has 1 aliphatic rings. The largest absolute Gasteiger partial charge is 0.393 e. The van der Waals surface area contributed by atoms with Crippen LogP contribution in [0.5, 0.6) is 0 Å². The molecule has 1 rings (SSSR count). The Morgan fingerprint density at radius 2 is 2.25 bits per heavy atom. The van der Waals surface area contributed by atoms with Gasteiger partial charge >= 0.3 is 0 Å². The Labute approximate surface area is 76.4 Å². The summed E-state index contributed by atoms with van der Waals surface area (Å²) in [5.41, 5.74) is -0.225. The summed E-state index contributed by atoms with van der Waals surface area (Å²) in [6.45, 7) is 1.98. The minimum atomic E-state index is -0.544. The number of hydrogen-bond acceptors (Lipinski definition) is 4. The average molecular weight is 190 g/mol. The first-order valence-corrected chi connectivity index (χ1v) is 5.07. The van der Waals surface area contributed by atoms with Crippen molar-refractivity contribution >= 4 is 11.8 Å². The minimum Gasteiger partial charge on any atom is -0.393 e. The van der Waals surface area contributed by atoms with Crippen LogP contribution < -0.4 is 0 Å². The van der Waals surface area contributed by atoms with Gasteiger partial charge in [-0.15, -0.1) is 11.8 Å². The second-order valence-electron chi connectivity index (χ2n) is 2.56. The van der Waals surface area contributed by atoms with Gasteiger partial charge in [-0.05, 0) is 5.75 Å². The van der Waals surface area contributed by atoms with E-state index < -0.39 is 6.10 Å². The molecule has 0 radical (unpaired) electrons. The van der Waals surface area contributed by atoms with E-state index in [4.69, 9.17) is 9.84 Å². The van der Waals surface area contributed by atoms with E-state index in [1.54, 1.807) is 23.9 Å². The van der Waals surface area contributed by atoms with Gasteiger partial charge in [-0.2, -0.15) is 0 Å². The van der Waals surface area contributed by atoms with Crippen LogP contribution in [0.2, 0.25) is 0 Å². The predicted octanol–water partition coefficient (Wildman–Crippen LogP) is 0.374. The number of hydrogen-bond donors (Lipinski definition) is 2. The molecule has 70 valence electrons. The van der Waals surface area contributed by atoms with Gasteiger partial charge in [-0.3, -0.25) is 0 Å². The van der Waals surface area contributed by atoms with Crippen LogP contribution in [0.25, 0.3) is 0 Å². The summed E-state index contributed by atoms with van der Waals surface area (Å²) in [6.07, 6.45) is 2.57. The van der Waals surface area contributed by atoms with Crippen molar-refractivity contribution < 1.29 is 14.9 Å². The van der Waals surface area contributed by atoms with Gasteiger partial charge in [0.2, 0.25) is 0 Å². The van der Waals surface area contributed by atoms with Crippen LogP contribution in [-0.2, 0) is 4.74 Å². The van der Waals surface area contributed by atoms with E-state index in [1.807, 2.05) is 6.92 Å².